The quantitative estimate of drug-likeness (QED) is 0.830. The average molecular weight is 377 g/mol. The van der Waals surface area contributed by atoms with Crippen molar-refractivity contribution in [2.45, 2.75) is 20.0 Å². The maximum atomic E-state index is 6.01. The van der Waals surface area contributed by atoms with Gasteiger partial charge in [0.25, 0.3) is 0 Å². The molecule has 0 aliphatic carbocycles. The minimum absolute atomic E-state index is 0.0505. The minimum Gasteiger partial charge on any atom is -0.489 e. The summed E-state index contributed by atoms with van der Waals surface area (Å²) in [5.74, 6) is 1.38. The number of aromatic nitrogens is 2. The molecule has 1 aromatic carbocycles. The molecule has 7 nitrogen and oxygen atoms in total. The molecule has 0 radical (unpaired) electrons. The van der Waals surface area contributed by atoms with E-state index in [1.807, 2.05) is 19.9 Å². The Bertz CT molecular complexity index is 761. The molecule has 0 saturated carbocycles. The van der Waals surface area contributed by atoms with E-state index in [9.17, 15) is 0 Å². The standard InChI is InChI=1S/C18H25ClN6O/c1-12(2)26-16-10-13(25-8-6-24(3)7-9-25)4-5-15(16)22-18-21-11-14(19)17(20)23-18/h4-5,10-12H,6-9H2,1-3H3,(H3,20,21,22,23). The molecule has 1 aliphatic rings. The van der Waals surface area contributed by atoms with Crippen molar-refractivity contribution in [1.82, 2.24) is 14.9 Å². The van der Waals surface area contributed by atoms with Gasteiger partial charge in [0.2, 0.25) is 5.95 Å². The van der Waals surface area contributed by atoms with Crippen LogP contribution in [-0.2, 0) is 0 Å². The van der Waals surface area contributed by atoms with Crippen molar-refractivity contribution in [3.63, 3.8) is 0 Å². The first-order chi connectivity index (χ1) is 12.4. The number of likely N-dealkylation sites (N-methyl/N-ethyl adjacent to an activating group) is 1. The van der Waals surface area contributed by atoms with Gasteiger partial charge in [-0.3, -0.25) is 0 Å². The molecule has 0 amide bonds. The second-order valence-corrected chi connectivity index (χ2v) is 7.10. The summed E-state index contributed by atoms with van der Waals surface area (Å²) < 4.78 is 6.01. The molecule has 1 fully saturated rings. The van der Waals surface area contributed by atoms with Crippen LogP contribution >= 0.6 is 11.6 Å². The van der Waals surface area contributed by atoms with E-state index in [0.29, 0.717) is 11.0 Å². The Hall–Kier alpha value is -2.25. The summed E-state index contributed by atoms with van der Waals surface area (Å²) in [5, 5.41) is 3.50. The fourth-order valence-corrected chi connectivity index (χ4v) is 2.88. The fraction of sp³-hybridized carbons (Fsp3) is 0.444. The van der Waals surface area contributed by atoms with E-state index < -0.39 is 0 Å². The van der Waals surface area contributed by atoms with Gasteiger partial charge in [0.1, 0.15) is 16.6 Å². The summed E-state index contributed by atoms with van der Waals surface area (Å²) in [6.07, 6.45) is 1.53. The highest BCUT2D eigenvalue weighted by atomic mass is 35.5. The number of hydrogen-bond acceptors (Lipinski definition) is 7. The lowest BCUT2D eigenvalue weighted by Crippen LogP contribution is -2.44. The van der Waals surface area contributed by atoms with Crippen molar-refractivity contribution < 1.29 is 4.74 Å². The number of rotatable bonds is 5. The van der Waals surface area contributed by atoms with Crippen LogP contribution in [-0.4, -0.2) is 54.2 Å². The molecule has 1 saturated heterocycles. The Morgan fingerprint density at radius 2 is 1.96 bits per heavy atom. The molecular weight excluding hydrogens is 352 g/mol. The van der Waals surface area contributed by atoms with E-state index in [0.717, 1.165) is 43.3 Å². The van der Waals surface area contributed by atoms with Gasteiger partial charge in [-0.15, -0.1) is 0 Å². The topological polar surface area (TPSA) is 79.5 Å². The summed E-state index contributed by atoms with van der Waals surface area (Å²) in [7, 11) is 2.15. The Balaban J connectivity index is 1.85. The third-order valence-corrected chi connectivity index (χ3v) is 4.51. The number of anilines is 4. The highest BCUT2D eigenvalue weighted by molar-refractivity contribution is 6.32. The zero-order valence-corrected chi connectivity index (χ0v) is 16.1. The molecule has 140 valence electrons. The van der Waals surface area contributed by atoms with Crippen LogP contribution in [0.25, 0.3) is 0 Å². The van der Waals surface area contributed by atoms with Gasteiger partial charge in [0.05, 0.1) is 18.0 Å². The van der Waals surface area contributed by atoms with E-state index >= 15 is 0 Å². The summed E-state index contributed by atoms with van der Waals surface area (Å²) in [4.78, 5) is 13.0. The lowest BCUT2D eigenvalue weighted by atomic mass is 10.2. The molecule has 3 N–H and O–H groups in total. The maximum absolute atomic E-state index is 6.01. The average Bonchev–Trinajstić information content (AvgIpc) is 2.60. The van der Waals surface area contributed by atoms with Gasteiger partial charge in [-0.05, 0) is 33.0 Å². The van der Waals surface area contributed by atoms with E-state index in [1.54, 1.807) is 0 Å². The Morgan fingerprint density at radius 3 is 2.62 bits per heavy atom. The molecule has 2 heterocycles. The number of ether oxygens (including phenoxy) is 1. The second-order valence-electron chi connectivity index (χ2n) is 6.69. The molecule has 26 heavy (non-hydrogen) atoms. The molecule has 3 rings (SSSR count). The third kappa shape index (κ3) is 4.47. The van der Waals surface area contributed by atoms with Crippen LogP contribution in [0.1, 0.15) is 13.8 Å². The molecule has 1 aromatic heterocycles. The summed E-state index contributed by atoms with van der Waals surface area (Å²) in [6.45, 7) is 8.12. The fourth-order valence-electron chi connectivity index (χ4n) is 2.79. The van der Waals surface area contributed by atoms with Crippen LogP contribution in [0.2, 0.25) is 5.02 Å². The van der Waals surface area contributed by atoms with Crippen LogP contribution in [0, 0.1) is 0 Å². The van der Waals surface area contributed by atoms with Gasteiger partial charge in [-0.2, -0.15) is 4.98 Å². The van der Waals surface area contributed by atoms with Crippen LogP contribution in [0.15, 0.2) is 24.4 Å². The predicted octanol–water partition coefficient (Wildman–Crippen LogP) is 2.99. The van der Waals surface area contributed by atoms with Gasteiger partial charge < -0.3 is 25.6 Å². The molecule has 1 aliphatic heterocycles. The Kier molecular flexibility index (Phi) is 5.68. The molecule has 8 heteroatoms. The highest BCUT2D eigenvalue weighted by Gasteiger charge is 2.17. The van der Waals surface area contributed by atoms with E-state index in [2.05, 4.69) is 44.3 Å². The SMILES string of the molecule is CC(C)Oc1cc(N2CCN(C)CC2)ccc1Nc1ncc(Cl)c(N)n1. The predicted molar refractivity (Wildman–Crippen MR) is 107 cm³/mol. The number of nitrogens with zero attached hydrogens (tertiary/aromatic N) is 4. The summed E-state index contributed by atoms with van der Waals surface area (Å²) >= 11 is 5.89. The molecule has 2 aromatic rings. The first kappa shape index (κ1) is 18.5. The number of nitrogen functional groups attached to an aromatic ring is 1. The lowest BCUT2D eigenvalue weighted by Gasteiger charge is -2.34. The van der Waals surface area contributed by atoms with Crippen molar-refractivity contribution in [3.8, 4) is 5.75 Å². The number of nitrogens with two attached hydrogens (primary N) is 1. The maximum Gasteiger partial charge on any atom is 0.229 e. The summed E-state index contributed by atoms with van der Waals surface area (Å²) in [6, 6.07) is 6.13. The second kappa shape index (κ2) is 7.97. The van der Waals surface area contributed by atoms with Gasteiger partial charge in [-0.1, -0.05) is 11.6 Å². The van der Waals surface area contributed by atoms with Crippen molar-refractivity contribution in [1.29, 1.82) is 0 Å². The van der Waals surface area contributed by atoms with Crippen LogP contribution in [0.3, 0.4) is 0 Å². The zero-order chi connectivity index (χ0) is 18.7. The molecule has 0 spiro atoms. The molecule has 0 atom stereocenters. The van der Waals surface area contributed by atoms with Gasteiger partial charge in [-0.25, -0.2) is 4.98 Å². The van der Waals surface area contributed by atoms with Crippen molar-refractivity contribution in [2.75, 3.05) is 49.2 Å². The van der Waals surface area contributed by atoms with Gasteiger partial charge in [0, 0.05) is 37.9 Å². The first-order valence-corrected chi connectivity index (χ1v) is 9.09. The number of nitrogens with one attached hydrogen (secondary N) is 1. The Labute approximate surface area is 159 Å². The van der Waals surface area contributed by atoms with Crippen molar-refractivity contribution >= 4 is 34.7 Å². The largest absolute Gasteiger partial charge is 0.489 e. The minimum atomic E-state index is 0.0505. The molecule has 0 bridgehead atoms. The molecule has 0 unspecified atom stereocenters. The van der Waals surface area contributed by atoms with Crippen LogP contribution < -0.4 is 20.7 Å². The summed E-state index contributed by atoms with van der Waals surface area (Å²) in [5.41, 5.74) is 7.70. The van der Waals surface area contributed by atoms with E-state index in [1.165, 1.54) is 6.20 Å². The Morgan fingerprint density at radius 1 is 1.23 bits per heavy atom. The third-order valence-electron chi connectivity index (χ3n) is 4.21. The number of halogens is 1. The smallest absolute Gasteiger partial charge is 0.229 e. The monoisotopic (exact) mass is 376 g/mol. The first-order valence-electron chi connectivity index (χ1n) is 8.71. The van der Waals surface area contributed by atoms with Crippen molar-refractivity contribution in [3.05, 3.63) is 29.4 Å². The van der Waals surface area contributed by atoms with E-state index in [4.69, 9.17) is 22.1 Å². The van der Waals surface area contributed by atoms with E-state index in [-0.39, 0.29) is 11.9 Å². The van der Waals surface area contributed by atoms with Crippen LogP contribution in [0.4, 0.5) is 23.1 Å². The normalized spacial score (nSPS) is 15.3. The lowest BCUT2D eigenvalue weighted by molar-refractivity contribution is 0.243. The van der Waals surface area contributed by atoms with Gasteiger partial charge in [0.15, 0.2) is 0 Å². The highest BCUT2D eigenvalue weighted by Crippen LogP contribution is 2.33. The zero-order valence-electron chi connectivity index (χ0n) is 15.4. The number of hydrogen-bond donors (Lipinski definition) is 2. The molecular formula is C18H25ClN6O. The number of benzene rings is 1. The number of piperazine rings is 1. The van der Waals surface area contributed by atoms with Crippen LogP contribution in [0.5, 0.6) is 5.75 Å². The van der Waals surface area contributed by atoms with Crippen molar-refractivity contribution in [2.24, 2.45) is 0 Å². The van der Waals surface area contributed by atoms with Gasteiger partial charge >= 0.3 is 0 Å².